The van der Waals surface area contributed by atoms with Crippen LogP contribution in [0.15, 0.2) is 18.2 Å². The van der Waals surface area contributed by atoms with Gasteiger partial charge in [0.05, 0.1) is 26.2 Å². The minimum atomic E-state index is 0.0537. The van der Waals surface area contributed by atoms with E-state index in [-0.39, 0.29) is 11.8 Å². The van der Waals surface area contributed by atoms with Crippen molar-refractivity contribution in [2.45, 2.75) is 27.2 Å². The van der Waals surface area contributed by atoms with Gasteiger partial charge in [-0.2, -0.15) is 0 Å². The number of quaternary nitrogens is 1. The average molecular weight is 330 g/mol. The van der Waals surface area contributed by atoms with Crippen molar-refractivity contribution < 1.29 is 14.5 Å². The zero-order chi connectivity index (χ0) is 17.3. The van der Waals surface area contributed by atoms with E-state index in [0.29, 0.717) is 18.4 Å². The lowest BCUT2D eigenvalue weighted by atomic mass is 10.1. The van der Waals surface area contributed by atoms with Crippen molar-refractivity contribution in [1.29, 1.82) is 0 Å². The summed E-state index contributed by atoms with van der Waals surface area (Å²) in [6, 6.07) is 6.03. The first-order chi connectivity index (χ1) is 11.5. The summed E-state index contributed by atoms with van der Waals surface area (Å²) < 4.78 is 0. The third kappa shape index (κ3) is 3.78. The third-order valence-electron chi connectivity index (χ3n) is 5.36. The molecule has 2 amide bonds. The molecular formula is C19H28N3O2+. The van der Waals surface area contributed by atoms with Gasteiger partial charge in [-0.15, -0.1) is 0 Å². The summed E-state index contributed by atoms with van der Waals surface area (Å²) in [7, 11) is 0. The van der Waals surface area contributed by atoms with E-state index >= 15 is 0 Å². The van der Waals surface area contributed by atoms with E-state index < -0.39 is 0 Å². The van der Waals surface area contributed by atoms with Crippen molar-refractivity contribution in [2.75, 3.05) is 38.0 Å². The Morgan fingerprint density at radius 3 is 2.33 bits per heavy atom. The second-order valence-electron chi connectivity index (χ2n) is 7.39. The number of hydrogen-bond donors (Lipinski definition) is 2. The molecular weight excluding hydrogens is 302 g/mol. The monoisotopic (exact) mass is 330 g/mol. The molecule has 1 saturated heterocycles. The lowest BCUT2D eigenvalue weighted by Gasteiger charge is -2.32. The van der Waals surface area contributed by atoms with Crippen LogP contribution in [0.3, 0.4) is 0 Å². The Kier molecular flexibility index (Phi) is 4.90. The average Bonchev–Trinajstić information content (AvgIpc) is 3.28. The van der Waals surface area contributed by atoms with Crippen molar-refractivity contribution in [1.82, 2.24) is 4.90 Å². The van der Waals surface area contributed by atoms with Crippen LogP contribution in [0.25, 0.3) is 0 Å². The van der Waals surface area contributed by atoms with Crippen molar-refractivity contribution >= 4 is 17.5 Å². The summed E-state index contributed by atoms with van der Waals surface area (Å²) >= 11 is 0. The number of benzene rings is 1. The minimum Gasteiger partial charge on any atom is -0.331 e. The smallest absolute Gasteiger partial charge is 0.279 e. The lowest BCUT2D eigenvalue weighted by Crippen LogP contribution is -3.15. The highest BCUT2D eigenvalue weighted by Gasteiger charge is 2.42. The summed E-state index contributed by atoms with van der Waals surface area (Å²) in [5.41, 5.74) is 3.11. The highest BCUT2D eigenvalue weighted by molar-refractivity contribution is 5.93. The molecule has 1 heterocycles. The fourth-order valence-corrected chi connectivity index (χ4v) is 3.54. The zero-order valence-electron chi connectivity index (χ0n) is 14.9. The fourth-order valence-electron chi connectivity index (χ4n) is 3.54. The number of hydrogen-bond acceptors (Lipinski definition) is 2. The number of carbonyl (C=O) groups is 2. The predicted octanol–water partition coefficient (Wildman–Crippen LogP) is 0.625. The summed E-state index contributed by atoms with van der Waals surface area (Å²) in [5, 5.41) is 3.05. The van der Waals surface area contributed by atoms with Gasteiger partial charge in [-0.3, -0.25) is 9.59 Å². The summed E-state index contributed by atoms with van der Waals surface area (Å²) in [6.07, 6.45) is 1.05. The van der Waals surface area contributed by atoms with E-state index in [1.54, 1.807) is 0 Å². The molecule has 130 valence electrons. The Morgan fingerprint density at radius 2 is 1.79 bits per heavy atom. The zero-order valence-corrected chi connectivity index (χ0v) is 14.9. The quantitative estimate of drug-likeness (QED) is 0.851. The molecule has 0 aromatic heterocycles. The van der Waals surface area contributed by atoms with Gasteiger partial charge in [0.1, 0.15) is 0 Å². The van der Waals surface area contributed by atoms with Crippen molar-refractivity contribution in [3.05, 3.63) is 29.3 Å². The van der Waals surface area contributed by atoms with Crippen LogP contribution in [0.2, 0.25) is 0 Å². The SMILES string of the molecule is Cc1cccc(C)c1NC(=O)C[NH+]1CCN(C(=O)[C@@H]2C[C@H]2C)CC1. The van der Waals surface area contributed by atoms with E-state index in [9.17, 15) is 9.59 Å². The van der Waals surface area contributed by atoms with E-state index in [4.69, 9.17) is 0 Å². The molecule has 2 fully saturated rings. The van der Waals surface area contributed by atoms with Crippen molar-refractivity contribution in [3.63, 3.8) is 0 Å². The van der Waals surface area contributed by atoms with Crippen LogP contribution < -0.4 is 10.2 Å². The van der Waals surface area contributed by atoms with Gasteiger partial charge in [-0.05, 0) is 37.3 Å². The van der Waals surface area contributed by atoms with E-state index in [1.807, 2.05) is 36.9 Å². The molecule has 5 heteroatoms. The summed E-state index contributed by atoms with van der Waals surface area (Å²) in [6.45, 7) is 9.89. The minimum absolute atomic E-state index is 0.0537. The van der Waals surface area contributed by atoms with Crippen molar-refractivity contribution in [3.8, 4) is 0 Å². The van der Waals surface area contributed by atoms with Crippen LogP contribution in [0.1, 0.15) is 24.5 Å². The molecule has 1 aliphatic heterocycles. The predicted molar refractivity (Wildman–Crippen MR) is 94.0 cm³/mol. The number of nitrogens with zero attached hydrogens (tertiary/aromatic N) is 1. The molecule has 3 rings (SSSR count). The first-order valence-electron chi connectivity index (χ1n) is 8.94. The molecule has 0 bridgehead atoms. The van der Waals surface area contributed by atoms with Crippen LogP contribution in [0.4, 0.5) is 5.69 Å². The number of piperazine rings is 1. The lowest BCUT2D eigenvalue weighted by molar-refractivity contribution is -0.895. The van der Waals surface area contributed by atoms with E-state index in [2.05, 4.69) is 12.2 Å². The normalized spacial score (nSPS) is 23.9. The van der Waals surface area contributed by atoms with Crippen LogP contribution in [-0.2, 0) is 9.59 Å². The highest BCUT2D eigenvalue weighted by Crippen LogP contribution is 2.39. The number of para-hydroxylation sites is 1. The van der Waals surface area contributed by atoms with Gasteiger partial charge in [-0.25, -0.2) is 0 Å². The summed E-state index contributed by atoms with van der Waals surface area (Å²) in [4.78, 5) is 27.8. The Balaban J connectivity index is 1.47. The van der Waals surface area contributed by atoms with Crippen LogP contribution >= 0.6 is 0 Å². The Bertz CT molecular complexity index is 615. The number of amides is 2. The van der Waals surface area contributed by atoms with Gasteiger partial charge >= 0.3 is 0 Å². The maximum absolute atomic E-state index is 12.3. The molecule has 24 heavy (non-hydrogen) atoms. The number of anilines is 1. The molecule has 5 nitrogen and oxygen atoms in total. The molecule has 0 spiro atoms. The van der Waals surface area contributed by atoms with Gasteiger partial charge in [-0.1, -0.05) is 25.1 Å². The molecule has 1 saturated carbocycles. The maximum atomic E-state index is 12.3. The van der Waals surface area contributed by atoms with Crippen LogP contribution in [-0.4, -0.2) is 49.4 Å². The molecule has 1 aromatic carbocycles. The maximum Gasteiger partial charge on any atom is 0.279 e. The largest absolute Gasteiger partial charge is 0.331 e. The van der Waals surface area contributed by atoms with E-state index in [1.165, 1.54) is 4.90 Å². The molecule has 2 N–H and O–H groups in total. The second kappa shape index (κ2) is 6.93. The molecule has 1 aliphatic carbocycles. The number of nitrogens with one attached hydrogen (secondary N) is 2. The fraction of sp³-hybridized carbons (Fsp3) is 0.579. The van der Waals surface area contributed by atoms with E-state index in [0.717, 1.165) is 49.4 Å². The number of carbonyl (C=O) groups excluding carboxylic acids is 2. The standard InChI is InChI=1S/C19H27N3O2/c1-13-5-4-6-14(2)18(13)20-17(23)12-21-7-9-22(10-8-21)19(24)16-11-15(16)3/h4-6,15-16H,7-12H2,1-3H3,(H,20,23)/p+1/t15-,16-/m1/s1. The molecule has 0 radical (unpaired) electrons. The second-order valence-corrected chi connectivity index (χ2v) is 7.39. The van der Waals surface area contributed by atoms with Crippen LogP contribution in [0, 0.1) is 25.7 Å². The van der Waals surface area contributed by atoms with Crippen LogP contribution in [0.5, 0.6) is 0 Å². The third-order valence-corrected chi connectivity index (χ3v) is 5.36. The molecule has 2 atom stereocenters. The van der Waals surface area contributed by atoms with Crippen molar-refractivity contribution in [2.24, 2.45) is 11.8 Å². The first-order valence-corrected chi connectivity index (χ1v) is 8.94. The number of rotatable bonds is 4. The topological polar surface area (TPSA) is 53.9 Å². The van der Waals surface area contributed by atoms with Gasteiger partial charge in [0.15, 0.2) is 6.54 Å². The molecule has 1 aromatic rings. The summed E-state index contributed by atoms with van der Waals surface area (Å²) in [5.74, 6) is 1.20. The molecule has 2 aliphatic rings. The van der Waals surface area contributed by atoms with Gasteiger partial charge in [0, 0.05) is 11.6 Å². The molecule has 0 unspecified atom stereocenters. The Morgan fingerprint density at radius 1 is 1.21 bits per heavy atom. The number of aryl methyl sites for hydroxylation is 2. The first kappa shape index (κ1) is 17.0. The Labute approximate surface area is 144 Å². The van der Waals surface area contributed by atoms with Gasteiger partial charge in [0.25, 0.3) is 5.91 Å². The van der Waals surface area contributed by atoms with Gasteiger partial charge in [0.2, 0.25) is 5.91 Å². The highest BCUT2D eigenvalue weighted by atomic mass is 16.2. The van der Waals surface area contributed by atoms with Gasteiger partial charge < -0.3 is 15.1 Å². The Hall–Kier alpha value is -1.88.